The van der Waals surface area contributed by atoms with Crippen LogP contribution in [0.3, 0.4) is 0 Å². The molecule has 1 N–H and O–H groups in total. The van der Waals surface area contributed by atoms with Crippen LogP contribution >= 0.6 is 11.6 Å². The Morgan fingerprint density at radius 2 is 1.80 bits per heavy atom. The maximum atomic E-state index is 13.0. The van der Waals surface area contributed by atoms with Crippen LogP contribution in [0.25, 0.3) is 6.08 Å². The van der Waals surface area contributed by atoms with Crippen molar-refractivity contribution in [2.24, 2.45) is 0 Å². The minimum atomic E-state index is -0.833. The molecule has 2 aromatic carbocycles. The third-order valence-corrected chi connectivity index (χ3v) is 4.78. The fraction of sp³-hybridized carbons (Fsp3) is 0.227. The average molecular weight is 429 g/mol. The number of carbonyl (C=O) groups is 3. The summed E-state index contributed by atoms with van der Waals surface area (Å²) in [5.41, 5.74) is 1.42. The molecule has 3 rings (SSSR count). The maximum absolute atomic E-state index is 13.0. The third kappa shape index (κ3) is 4.31. The van der Waals surface area contributed by atoms with E-state index in [9.17, 15) is 14.4 Å². The molecular weight excluding hydrogens is 408 g/mol. The van der Waals surface area contributed by atoms with Crippen LogP contribution in [0.5, 0.6) is 11.5 Å². The molecule has 156 valence electrons. The van der Waals surface area contributed by atoms with Crippen molar-refractivity contribution in [1.82, 2.24) is 5.32 Å². The molecule has 0 spiro atoms. The van der Waals surface area contributed by atoms with E-state index in [0.29, 0.717) is 22.1 Å². The highest BCUT2D eigenvalue weighted by Gasteiger charge is 2.37. The molecular formula is C22H21ClN2O5. The normalized spacial score (nSPS) is 15.6. The largest absolute Gasteiger partial charge is 0.493 e. The van der Waals surface area contributed by atoms with Gasteiger partial charge in [-0.2, -0.15) is 0 Å². The number of amides is 4. The molecule has 0 bridgehead atoms. The van der Waals surface area contributed by atoms with Crippen molar-refractivity contribution in [3.05, 3.63) is 58.1 Å². The van der Waals surface area contributed by atoms with E-state index in [2.05, 4.69) is 5.32 Å². The highest BCUT2D eigenvalue weighted by atomic mass is 35.5. The lowest BCUT2D eigenvalue weighted by molar-refractivity contribution is -0.122. The van der Waals surface area contributed by atoms with Crippen molar-refractivity contribution in [2.45, 2.75) is 26.9 Å². The van der Waals surface area contributed by atoms with Crippen LogP contribution in [-0.4, -0.2) is 31.1 Å². The van der Waals surface area contributed by atoms with Gasteiger partial charge >= 0.3 is 6.03 Å². The number of imide groups is 2. The lowest BCUT2D eigenvalue weighted by Gasteiger charge is -2.26. The summed E-state index contributed by atoms with van der Waals surface area (Å²) in [5.74, 6) is -0.522. The predicted octanol–water partition coefficient (Wildman–Crippen LogP) is 4.11. The summed E-state index contributed by atoms with van der Waals surface area (Å²) < 4.78 is 11.0. The van der Waals surface area contributed by atoms with Gasteiger partial charge in [0.15, 0.2) is 11.5 Å². The molecule has 0 aromatic heterocycles. The Hall–Kier alpha value is -3.32. The number of barbiturate groups is 1. The van der Waals surface area contributed by atoms with E-state index >= 15 is 0 Å². The number of urea groups is 1. The van der Waals surface area contributed by atoms with Gasteiger partial charge in [-0.05, 0) is 62.2 Å². The van der Waals surface area contributed by atoms with E-state index in [1.54, 1.807) is 37.3 Å². The molecule has 1 aliphatic rings. The van der Waals surface area contributed by atoms with Crippen molar-refractivity contribution >= 4 is 41.2 Å². The molecule has 4 amide bonds. The second-order valence-corrected chi connectivity index (χ2v) is 7.38. The van der Waals surface area contributed by atoms with Crippen molar-refractivity contribution in [1.29, 1.82) is 0 Å². The molecule has 7 nitrogen and oxygen atoms in total. The Balaban J connectivity index is 1.99. The zero-order valence-corrected chi connectivity index (χ0v) is 17.7. The molecule has 1 aliphatic heterocycles. The first-order valence-corrected chi connectivity index (χ1v) is 9.61. The number of halogens is 1. The number of aryl methyl sites for hydroxylation is 1. The number of hydrogen-bond acceptors (Lipinski definition) is 5. The first kappa shape index (κ1) is 21.4. The highest BCUT2D eigenvalue weighted by molar-refractivity contribution is 6.39. The second kappa shape index (κ2) is 8.59. The number of anilines is 1. The molecule has 8 heteroatoms. The van der Waals surface area contributed by atoms with Gasteiger partial charge in [-0.15, -0.1) is 0 Å². The number of carbonyl (C=O) groups excluding carboxylic acids is 3. The quantitative estimate of drug-likeness (QED) is 0.572. The third-order valence-electron chi connectivity index (χ3n) is 4.38. The predicted molar refractivity (Wildman–Crippen MR) is 114 cm³/mol. The minimum Gasteiger partial charge on any atom is -0.493 e. The molecule has 2 aromatic rings. The molecule has 0 radical (unpaired) electrons. The van der Waals surface area contributed by atoms with Gasteiger partial charge in [-0.1, -0.05) is 23.7 Å². The monoisotopic (exact) mass is 428 g/mol. The van der Waals surface area contributed by atoms with E-state index in [0.717, 1.165) is 10.5 Å². The van der Waals surface area contributed by atoms with E-state index in [4.69, 9.17) is 21.1 Å². The van der Waals surface area contributed by atoms with E-state index < -0.39 is 17.8 Å². The fourth-order valence-corrected chi connectivity index (χ4v) is 3.08. The number of nitrogens with one attached hydrogen (secondary N) is 1. The van der Waals surface area contributed by atoms with Crippen LogP contribution in [0.4, 0.5) is 10.5 Å². The number of methoxy groups -OCH3 is 1. The molecule has 1 saturated heterocycles. The van der Waals surface area contributed by atoms with Crippen LogP contribution in [0.2, 0.25) is 5.02 Å². The van der Waals surface area contributed by atoms with Gasteiger partial charge in [-0.3, -0.25) is 14.9 Å². The Labute approximate surface area is 179 Å². The van der Waals surface area contributed by atoms with Crippen LogP contribution in [-0.2, 0) is 9.59 Å². The van der Waals surface area contributed by atoms with Crippen LogP contribution in [0.15, 0.2) is 42.0 Å². The number of hydrogen-bond donors (Lipinski definition) is 1. The molecule has 0 unspecified atom stereocenters. The fourth-order valence-electron chi connectivity index (χ4n) is 2.90. The Kier molecular flexibility index (Phi) is 6.12. The highest BCUT2D eigenvalue weighted by Crippen LogP contribution is 2.31. The zero-order valence-electron chi connectivity index (χ0n) is 17.0. The van der Waals surface area contributed by atoms with Crippen molar-refractivity contribution in [3.8, 4) is 11.5 Å². The molecule has 1 fully saturated rings. The second-order valence-electron chi connectivity index (χ2n) is 6.97. The number of benzene rings is 2. The first-order valence-electron chi connectivity index (χ1n) is 9.23. The van der Waals surface area contributed by atoms with Gasteiger partial charge in [0.2, 0.25) is 0 Å². The van der Waals surface area contributed by atoms with Crippen LogP contribution < -0.4 is 19.7 Å². The van der Waals surface area contributed by atoms with Crippen molar-refractivity contribution in [2.75, 3.05) is 12.0 Å². The van der Waals surface area contributed by atoms with Gasteiger partial charge in [0.25, 0.3) is 11.8 Å². The van der Waals surface area contributed by atoms with Gasteiger partial charge in [0.05, 0.1) is 18.9 Å². The van der Waals surface area contributed by atoms with Gasteiger partial charge in [-0.25, -0.2) is 9.69 Å². The van der Waals surface area contributed by atoms with Gasteiger partial charge < -0.3 is 9.47 Å². The van der Waals surface area contributed by atoms with Gasteiger partial charge in [0, 0.05) is 5.02 Å². The van der Waals surface area contributed by atoms with Crippen LogP contribution in [0.1, 0.15) is 25.0 Å². The van der Waals surface area contributed by atoms with Crippen molar-refractivity contribution < 1.29 is 23.9 Å². The minimum absolute atomic E-state index is 0.0466. The molecule has 0 aliphatic carbocycles. The summed E-state index contributed by atoms with van der Waals surface area (Å²) in [6.45, 7) is 5.59. The van der Waals surface area contributed by atoms with E-state index in [-0.39, 0.29) is 17.4 Å². The zero-order chi connectivity index (χ0) is 22.0. The molecule has 30 heavy (non-hydrogen) atoms. The molecule has 1 heterocycles. The van der Waals surface area contributed by atoms with E-state index in [1.807, 2.05) is 13.8 Å². The first-order chi connectivity index (χ1) is 14.2. The SMILES string of the molecule is COc1cc(/C=C2/C(=O)NC(=O)N(c3ccc(C)c(Cl)c3)C2=O)ccc1OC(C)C. The molecule has 0 atom stereocenters. The topological polar surface area (TPSA) is 84.9 Å². The Morgan fingerprint density at radius 1 is 1.07 bits per heavy atom. The summed E-state index contributed by atoms with van der Waals surface area (Å²) in [6.07, 6.45) is 1.35. The van der Waals surface area contributed by atoms with Crippen molar-refractivity contribution in [3.63, 3.8) is 0 Å². The number of nitrogens with zero attached hydrogens (tertiary/aromatic N) is 1. The van der Waals surface area contributed by atoms with Gasteiger partial charge in [0.1, 0.15) is 5.57 Å². The average Bonchev–Trinajstić information content (AvgIpc) is 2.68. The summed E-state index contributed by atoms with van der Waals surface area (Å²) in [7, 11) is 1.50. The summed E-state index contributed by atoms with van der Waals surface area (Å²) in [5, 5.41) is 2.59. The number of ether oxygens (including phenoxy) is 2. The summed E-state index contributed by atoms with van der Waals surface area (Å²) in [4.78, 5) is 38.6. The maximum Gasteiger partial charge on any atom is 0.335 e. The van der Waals surface area contributed by atoms with E-state index in [1.165, 1.54) is 19.3 Å². The standard InChI is InChI=1S/C22H21ClN2O5/c1-12(2)30-18-8-6-14(10-19(18)29-4)9-16-20(26)24-22(28)25(21(16)27)15-7-5-13(3)17(23)11-15/h5-12H,1-4H3,(H,24,26,28)/b16-9-. The number of rotatable bonds is 5. The Morgan fingerprint density at radius 3 is 2.43 bits per heavy atom. The lowest BCUT2D eigenvalue weighted by Crippen LogP contribution is -2.54. The summed E-state index contributed by atoms with van der Waals surface area (Å²) >= 11 is 6.13. The molecule has 0 saturated carbocycles. The lowest BCUT2D eigenvalue weighted by atomic mass is 10.1. The van der Waals surface area contributed by atoms with Crippen LogP contribution in [0, 0.1) is 6.92 Å². The summed E-state index contributed by atoms with van der Waals surface area (Å²) in [6, 6.07) is 8.98. The smallest absolute Gasteiger partial charge is 0.335 e. The Bertz CT molecular complexity index is 1060.